The third-order valence-electron chi connectivity index (χ3n) is 3.88. The topological polar surface area (TPSA) is 82.0 Å². The molecule has 0 spiro atoms. The van der Waals surface area contributed by atoms with Crippen molar-refractivity contribution < 1.29 is 22.8 Å². The lowest BCUT2D eigenvalue weighted by Crippen LogP contribution is -2.41. The number of nitriles is 1. The van der Waals surface area contributed by atoms with E-state index in [4.69, 9.17) is 5.26 Å². The van der Waals surface area contributed by atoms with Crippen molar-refractivity contribution in [3.05, 3.63) is 59.7 Å². The molecule has 2 aromatic rings. The molecule has 8 heteroatoms. The highest BCUT2D eigenvalue weighted by molar-refractivity contribution is 6.14. The molecule has 0 aliphatic rings. The minimum atomic E-state index is -4.47. The minimum Gasteiger partial charge on any atom is -0.325 e. The molecule has 0 radical (unpaired) electrons. The van der Waals surface area contributed by atoms with Crippen LogP contribution in [0.2, 0.25) is 0 Å². The summed E-state index contributed by atoms with van der Waals surface area (Å²) in [6, 6.07) is 12.0. The summed E-state index contributed by atoms with van der Waals surface area (Å²) in [5.74, 6) is -1.27. The van der Waals surface area contributed by atoms with Gasteiger partial charge in [0.1, 0.15) is 5.41 Å². The van der Waals surface area contributed by atoms with Gasteiger partial charge in [0.15, 0.2) is 0 Å². The van der Waals surface area contributed by atoms with Gasteiger partial charge >= 0.3 is 6.18 Å². The number of alkyl halides is 3. The number of carbonyl (C=O) groups excluding carboxylic acids is 2. The van der Waals surface area contributed by atoms with Crippen molar-refractivity contribution in [1.82, 2.24) is 0 Å². The van der Waals surface area contributed by atoms with Crippen LogP contribution in [0, 0.1) is 16.7 Å². The van der Waals surface area contributed by atoms with Crippen LogP contribution in [0.15, 0.2) is 48.5 Å². The summed E-state index contributed by atoms with van der Waals surface area (Å²) in [5.41, 5.74) is -1.34. The van der Waals surface area contributed by atoms with Gasteiger partial charge in [-0.3, -0.25) is 9.59 Å². The fraction of sp³-hybridized carbons (Fsp3) is 0.211. The van der Waals surface area contributed by atoms with Gasteiger partial charge in [-0.05, 0) is 62.4 Å². The van der Waals surface area contributed by atoms with Crippen LogP contribution in [0.4, 0.5) is 24.5 Å². The molecule has 0 unspecified atom stereocenters. The smallest absolute Gasteiger partial charge is 0.325 e. The number of benzene rings is 2. The maximum Gasteiger partial charge on any atom is 0.416 e. The Morgan fingerprint density at radius 3 is 1.63 bits per heavy atom. The first-order valence-corrected chi connectivity index (χ1v) is 7.84. The first kappa shape index (κ1) is 20.0. The number of rotatable bonds is 4. The van der Waals surface area contributed by atoms with Gasteiger partial charge < -0.3 is 10.6 Å². The first-order valence-electron chi connectivity index (χ1n) is 7.84. The van der Waals surface area contributed by atoms with E-state index in [9.17, 15) is 22.8 Å². The third kappa shape index (κ3) is 4.85. The Morgan fingerprint density at radius 1 is 0.852 bits per heavy atom. The molecule has 0 aliphatic heterocycles. The molecule has 0 saturated carbocycles. The van der Waals surface area contributed by atoms with Gasteiger partial charge in [0, 0.05) is 11.4 Å². The molecule has 0 saturated heterocycles. The quantitative estimate of drug-likeness (QED) is 0.787. The zero-order valence-corrected chi connectivity index (χ0v) is 14.5. The minimum absolute atomic E-state index is 0.146. The molecule has 0 atom stereocenters. The Bertz CT molecular complexity index is 880. The predicted octanol–water partition coefficient (Wildman–Crippen LogP) is 4.18. The van der Waals surface area contributed by atoms with Crippen molar-refractivity contribution in [2.45, 2.75) is 20.0 Å². The van der Waals surface area contributed by atoms with E-state index in [1.165, 1.54) is 38.1 Å². The summed E-state index contributed by atoms with van der Waals surface area (Å²) in [4.78, 5) is 24.8. The largest absolute Gasteiger partial charge is 0.416 e. The summed E-state index contributed by atoms with van der Waals surface area (Å²) in [6.45, 7) is 2.79. The van der Waals surface area contributed by atoms with E-state index in [1.54, 1.807) is 0 Å². The maximum atomic E-state index is 12.6. The lowest BCUT2D eigenvalue weighted by Gasteiger charge is -2.23. The summed E-state index contributed by atoms with van der Waals surface area (Å²) < 4.78 is 37.7. The summed E-state index contributed by atoms with van der Waals surface area (Å²) in [5, 5.41) is 13.8. The van der Waals surface area contributed by atoms with Crippen molar-refractivity contribution >= 4 is 23.2 Å². The van der Waals surface area contributed by atoms with Gasteiger partial charge in [-0.15, -0.1) is 0 Å². The van der Waals surface area contributed by atoms with Crippen LogP contribution in [0.5, 0.6) is 0 Å². The van der Waals surface area contributed by atoms with Gasteiger partial charge in [-0.1, -0.05) is 0 Å². The lowest BCUT2D eigenvalue weighted by atomic mass is 9.90. The van der Waals surface area contributed by atoms with Crippen LogP contribution >= 0.6 is 0 Å². The second-order valence-electron chi connectivity index (χ2n) is 6.30. The molecule has 140 valence electrons. The molecule has 27 heavy (non-hydrogen) atoms. The molecule has 0 heterocycles. The fourth-order valence-electron chi connectivity index (χ4n) is 2.05. The summed E-state index contributed by atoms with van der Waals surface area (Å²) in [7, 11) is 0. The van der Waals surface area contributed by atoms with Crippen molar-refractivity contribution in [3.8, 4) is 6.07 Å². The van der Waals surface area contributed by atoms with E-state index in [0.29, 0.717) is 11.3 Å². The van der Waals surface area contributed by atoms with Gasteiger partial charge in [-0.25, -0.2) is 0 Å². The number of carbonyl (C=O) groups is 2. The SMILES string of the molecule is CC(C)(C(=O)Nc1ccc(C#N)cc1)C(=O)Nc1ccc(C(F)(F)F)cc1. The van der Waals surface area contributed by atoms with E-state index in [0.717, 1.165) is 24.3 Å². The van der Waals surface area contributed by atoms with Crippen LogP contribution in [-0.2, 0) is 15.8 Å². The lowest BCUT2D eigenvalue weighted by molar-refractivity contribution is -0.137. The molecule has 0 aromatic heterocycles. The summed E-state index contributed by atoms with van der Waals surface area (Å²) >= 11 is 0. The van der Waals surface area contributed by atoms with Crippen molar-refractivity contribution in [2.75, 3.05) is 10.6 Å². The molecule has 2 rings (SSSR count). The fourth-order valence-corrected chi connectivity index (χ4v) is 2.05. The molecular formula is C19H16F3N3O2. The Morgan fingerprint density at radius 2 is 1.26 bits per heavy atom. The highest BCUT2D eigenvalue weighted by Gasteiger charge is 2.36. The van der Waals surface area contributed by atoms with Crippen LogP contribution in [-0.4, -0.2) is 11.8 Å². The highest BCUT2D eigenvalue weighted by Crippen LogP contribution is 2.30. The molecule has 2 N–H and O–H groups in total. The number of anilines is 2. The van der Waals surface area contributed by atoms with Crippen molar-refractivity contribution in [3.63, 3.8) is 0 Å². The Balaban J connectivity index is 2.06. The number of hydrogen-bond donors (Lipinski definition) is 2. The average Bonchev–Trinajstić information content (AvgIpc) is 2.62. The molecule has 5 nitrogen and oxygen atoms in total. The van der Waals surface area contributed by atoms with E-state index in [-0.39, 0.29) is 5.69 Å². The van der Waals surface area contributed by atoms with E-state index in [1.807, 2.05) is 6.07 Å². The monoisotopic (exact) mass is 375 g/mol. The van der Waals surface area contributed by atoms with Crippen LogP contribution in [0.25, 0.3) is 0 Å². The zero-order valence-electron chi connectivity index (χ0n) is 14.5. The van der Waals surface area contributed by atoms with Crippen LogP contribution in [0.1, 0.15) is 25.0 Å². The number of hydrogen-bond acceptors (Lipinski definition) is 3. The number of nitrogens with zero attached hydrogens (tertiary/aromatic N) is 1. The number of nitrogens with one attached hydrogen (secondary N) is 2. The molecular weight excluding hydrogens is 359 g/mol. The van der Waals surface area contributed by atoms with Crippen LogP contribution < -0.4 is 10.6 Å². The standard InChI is InChI=1S/C19H16F3N3O2/c1-18(2,16(26)24-14-7-3-12(11-23)4-8-14)17(27)25-15-9-5-13(6-10-15)19(20,21)22/h3-10H,1-2H3,(H,24,26)(H,25,27). The Hall–Kier alpha value is -3.34. The number of halogens is 3. The first-order chi connectivity index (χ1) is 12.5. The third-order valence-corrected chi connectivity index (χ3v) is 3.88. The molecule has 2 amide bonds. The Kier molecular flexibility index (Phi) is 5.55. The van der Waals surface area contributed by atoms with E-state index < -0.39 is 29.0 Å². The van der Waals surface area contributed by atoms with Gasteiger partial charge in [0.2, 0.25) is 11.8 Å². The zero-order chi connectivity index (χ0) is 20.2. The van der Waals surface area contributed by atoms with Gasteiger partial charge in [0.25, 0.3) is 0 Å². The van der Waals surface area contributed by atoms with E-state index in [2.05, 4.69) is 10.6 Å². The van der Waals surface area contributed by atoms with Crippen LogP contribution in [0.3, 0.4) is 0 Å². The van der Waals surface area contributed by atoms with Gasteiger partial charge in [0.05, 0.1) is 17.2 Å². The average molecular weight is 375 g/mol. The molecule has 0 fully saturated rings. The Labute approximate surface area is 153 Å². The molecule has 2 aromatic carbocycles. The maximum absolute atomic E-state index is 12.6. The predicted molar refractivity (Wildman–Crippen MR) is 93.6 cm³/mol. The molecule has 0 aliphatic carbocycles. The second-order valence-corrected chi connectivity index (χ2v) is 6.30. The van der Waals surface area contributed by atoms with Crippen molar-refractivity contribution in [1.29, 1.82) is 5.26 Å². The second kappa shape index (κ2) is 7.50. The van der Waals surface area contributed by atoms with Crippen molar-refractivity contribution in [2.24, 2.45) is 5.41 Å². The normalized spacial score (nSPS) is 11.4. The molecule has 0 bridgehead atoms. The number of amides is 2. The van der Waals surface area contributed by atoms with E-state index >= 15 is 0 Å². The summed E-state index contributed by atoms with van der Waals surface area (Å²) in [6.07, 6.45) is -4.47. The highest BCUT2D eigenvalue weighted by atomic mass is 19.4. The van der Waals surface area contributed by atoms with Gasteiger partial charge in [-0.2, -0.15) is 18.4 Å².